The fraction of sp³-hybridized carbons (Fsp3) is 0.444. The second kappa shape index (κ2) is 11.3. The third-order valence-corrected chi connectivity index (χ3v) is 6.78. The highest BCUT2D eigenvalue weighted by atomic mass is 16.5. The second-order valence-corrected chi connectivity index (χ2v) is 9.03. The van der Waals surface area contributed by atoms with Crippen LogP contribution in [0.2, 0.25) is 0 Å². The van der Waals surface area contributed by atoms with Crippen LogP contribution in [-0.2, 0) is 18.9 Å². The van der Waals surface area contributed by atoms with Crippen LogP contribution in [0.15, 0.2) is 36.4 Å². The van der Waals surface area contributed by atoms with Crippen LogP contribution in [0.25, 0.3) is 11.1 Å². The molecule has 2 aromatic carbocycles. The monoisotopic (exact) mass is 494 g/mol. The molecule has 0 amide bonds. The van der Waals surface area contributed by atoms with Gasteiger partial charge in [-0.25, -0.2) is 9.59 Å². The number of carbonyl (C=O) groups excluding carboxylic acids is 3. The molecule has 0 unspecified atom stereocenters. The molecule has 36 heavy (non-hydrogen) atoms. The topological polar surface area (TPSA) is 94.6 Å². The summed E-state index contributed by atoms with van der Waals surface area (Å²) >= 11 is 0. The molecule has 0 aromatic heterocycles. The van der Waals surface area contributed by atoms with Crippen molar-refractivity contribution in [1.29, 1.82) is 0 Å². The lowest BCUT2D eigenvalue weighted by Gasteiger charge is -2.26. The average Bonchev–Trinajstić information content (AvgIpc) is 3.20. The molecule has 2 aromatic rings. The first kappa shape index (κ1) is 24.6. The van der Waals surface area contributed by atoms with E-state index in [0.717, 1.165) is 37.3 Å². The van der Waals surface area contributed by atoms with Gasteiger partial charge in [-0.2, -0.15) is 0 Å². The van der Waals surface area contributed by atoms with Gasteiger partial charge in [-0.1, -0.05) is 12.1 Å². The highest BCUT2D eigenvalue weighted by molar-refractivity contribution is 6.22. The van der Waals surface area contributed by atoms with Crippen molar-refractivity contribution in [3.05, 3.63) is 58.7 Å². The summed E-state index contributed by atoms with van der Waals surface area (Å²) in [6, 6.07) is 10.0. The number of ketones is 1. The minimum Gasteiger partial charge on any atom is -0.461 e. The summed E-state index contributed by atoms with van der Waals surface area (Å²) in [6.45, 7) is 7.92. The van der Waals surface area contributed by atoms with Crippen molar-refractivity contribution >= 4 is 17.7 Å². The number of hydrogen-bond acceptors (Lipinski definition) is 9. The number of morpholine rings is 2. The number of rotatable bonds is 8. The van der Waals surface area contributed by atoms with Crippen molar-refractivity contribution in [2.45, 2.75) is 0 Å². The van der Waals surface area contributed by atoms with Gasteiger partial charge in [0.1, 0.15) is 13.2 Å². The number of benzene rings is 2. The normalized spacial score (nSPS) is 17.9. The van der Waals surface area contributed by atoms with Gasteiger partial charge in [0.05, 0.1) is 37.6 Å². The van der Waals surface area contributed by atoms with Crippen LogP contribution in [-0.4, -0.2) is 106 Å². The van der Waals surface area contributed by atoms with Crippen molar-refractivity contribution in [1.82, 2.24) is 9.80 Å². The summed E-state index contributed by atoms with van der Waals surface area (Å²) in [5, 5.41) is 0. The van der Waals surface area contributed by atoms with Crippen molar-refractivity contribution in [2.75, 3.05) is 78.9 Å². The molecule has 2 saturated heterocycles. The van der Waals surface area contributed by atoms with E-state index in [1.54, 1.807) is 36.4 Å². The lowest BCUT2D eigenvalue weighted by Crippen LogP contribution is -2.38. The predicted octanol–water partition coefficient (Wildman–Crippen LogP) is 1.88. The third kappa shape index (κ3) is 5.49. The van der Waals surface area contributed by atoms with Gasteiger partial charge >= 0.3 is 11.9 Å². The largest absolute Gasteiger partial charge is 0.461 e. The zero-order chi connectivity index (χ0) is 24.9. The Labute approximate surface area is 209 Å². The van der Waals surface area contributed by atoms with Gasteiger partial charge < -0.3 is 18.9 Å². The Morgan fingerprint density at radius 1 is 0.667 bits per heavy atom. The molecular formula is C27H30N2O7. The van der Waals surface area contributed by atoms with Crippen LogP contribution in [0.3, 0.4) is 0 Å². The Morgan fingerprint density at radius 2 is 1.08 bits per heavy atom. The van der Waals surface area contributed by atoms with E-state index in [1.807, 2.05) is 0 Å². The molecule has 0 bridgehead atoms. The van der Waals surface area contributed by atoms with Gasteiger partial charge in [0, 0.05) is 50.4 Å². The van der Waals surface area contributed by atoms with Gasteiger partial charge in [0.25, 0.3) is 0 Å². The van der Waals surface area contributed by atoms with Crippen molar-refractivity contribution in [3.8, 4) is 11.1 Å². The fourth-order valence-corrected chi connectivity index (χ4v) is 4.68. The third-order valence-electron chi connectivity index (χ3n) is 6.78. The number of ether oxygens (including phenoxy) is 4. The zero-order valence-electron chi connectivity index (χ0n) is 20.2. The zero-order valence-corrected chi connectivity index (χ0v) is 20.2. The van der Waals surface area contributed by atoms with Crippen molar-refractivity contribution < 1.29 is 33.3 Å². The smallest absolute Gasteiger partial charge is 0.338 e. The summed E-state index contributed by atoms with van der Waals surface area (Å²) < 4.78 is 21.5. The van der Waals surface area contributed by atoms with E-state index in [0.29, 0.717) is 61.8 Å². The molecule has 2 heterocycles. The average molecular weight is 495 g/mol. The number of carbonyl (C=O) groups is 3. The molecule has 9 heteroatoms. The lowest BCUT2D eigenvalue weighted by atomic mass is 10.0. The summed E-state index contributed by atoms with van der Waals surface area (Å²) in [5.74, 6) is -1.13. The molecular weight excluding hydrogens is 464 g/mol. The van der Waals surface area contributed by atoms with Gasteiger partial charge in [-0.05, 0) is 35.4 Å². The maximum absolute atomic E-state index is 13.1. The molecule has 1 aliphatic carbocycles. The highest BCUT2D eigenvalue weighted by Crippen LogP contribution is 2.37. The van der Waals surface area contributed by atoms with E-state index in [1.165, 1.54) is 0 Å². The fourth-order valence-electron chi connectivity index (χ4n) is 4.68. The van der Waals surface area contributed by atoms with Crippen LogP contribution in [0, 0.1) is 0 Å². The number of nitrogens with zero attached hydrogens (tertiary/aromatic N) is 2. The van der Waals surface area contributed by atoms with E-state index >= 15 is 0 Å². The van der Waals surface area contributed by atoms with E-state index in [4.69, 9.17) is 18.9 Å². The Balaban J connectivity index is 1.19. The lowest BCUT2D eigenvalue weighted by molar-refractivity contribution is 0.0190. The summed E-state index contributed by atoms with van der Waals surface area (Å²) in [6.07, 6.45) is 0. The van der Waals surface area contributed by atoms with Gasteiger partial charge in [-0.15, -0.1) is 0 Å². The van der Waals surface area contributed by atoms with Crippen molar-refractivity contribution in [2.24, 2.45) is 0 Å². The first-order valence-electron chi connectivity index (χ1n) is 12.4. The molecule has 0 saturated carbocycles. The van der Waals surface area contributed by atoms with Crippen LogP contribution >= 0.6 is 0 Å². The highest BCUT2D eigenvalue weighted by Gasteiger charge is 2.29. The van der Waals surface area contributed by atoms with Gasteiger partial charge in [-0.3, -0.25) is 14.6 Å². The molecule has 5 rings (SSSR count). The number of esters is 2. The maximum atomic E-state index is 13.1. The summed E-state index contributed by atoms with van der Waals surface area (Å²) in [4.78, 5) is 42.7. The predicted molar refractivity (Wildman–Crippen MR) is 130 cm³/mol. The first-order chi connectivity index (χ1) is 17.6. The van der Waals surface area contributed by atoms with Crippen LogP contribution in [0.4, 0.5) is 0 Å². The minimum absolute atomic E-state index is 0.217. The van der Waals surface area contributed by atoms with Gasteiger partial charge in [0.15, 0.2) is 5.78 Å². The minimum atomic E-state index is -0.459. The number of hydrogen-bond donors (Lipinski definition) is 0. The van der Waals surface area contributed by atoms with E-state index in [2.05, 4.69) is 9.80 Å². The Kier molecular flexibility index (Phi) is 7.72. The Morgan fingerprint density at radius 3 is 1.50 bits per heavy atom. The molecule has 0 radical (unpaired) electrons. The number of fused-ring (bicyclic) bond motifs is 3. The maximum Gasteiger partial charge on any atom is 0.338 e. The molecule has 9 nitrogen and oxygen atoms in total. The van der Waals surface area contributed by atoms with E-state index in [9.17, 15) is 14.4 Å². The van der Waals surface area contributed by atoms with Crippen LogP contribution < -0.4 is 0 Å². The SMILES string of the molecule is O=C(OCCN1CCOCC1)c1ccc2c(c1)C(=O)c1cc(C(=O)OCCN3CCOCC3)ccc1-2. The van der Waals surface area contributed by atoms with E-state index in [-0.39, 0.29) is 19.0 Å². The second-order valence-electron chi connectivity index (χ2n) is 9.03. The van der Waals surface area contributed by atoms with Crippen LogP contribution in [0.5, 0.6) is 0 Å². The molecule has 0 atom stereocenters. The van der Waals surface area contributed by atoms with Crippen LogP contribution in [0.1, 0.15) is 36.6 Å². The molecule has 2 fully saturated rings. The Hall–Kier alpha value is -3.11. The first-order valence-corrected chi connectivity index (χ1v) is 12.4. The summed E-state index contributed by atoms with van der Waals surface area (Å²) in [5.41, 5.74) is 3.02. The van der Waals surface area contributed by atoms with E-state index < -0.39 is 11.9 Å². The molecule has 190 valence electrons. The van der Waals surface area contributed by atoms with Gasteiger partial charge in [0.2, 0.25) is 0 Å². The molecule has 2 aliphatic heterocycles. The molecule has 3 aliphatic rings. The van der Waals surface area contributed by atoms with Crippen molar-refractivity contribution in [3.63, 3.8) is 0 Å². The standard InChI is InChI=1S/C27H30N2O7/c30-25-23-17-19(26(31)35-15-9-28-5-11-33-12-6-28)1-3-21(23)22-4-2-20(18-24(22)25)27(32)36-16-10-29-7-13-34-14-8-29/h1-4,17-18H,5-16H2. The quantitative estimate of drug-likeness (QED) is 0.435. The molecule has 0 N–H and O–H groups in total. The molecule has 0 spiro atoms. The Bertz CT molecular complexity index is 1050. The summed E-state index contributed by atoms with van der Waals surface area (Å²) in [7, 11) is 0.